The SMILES string of the molecule is CCCCN(CCCC)CCNC(=O)NC1CCCCC1. The number of hydrogen-bond donors (Lipinski definition) is 2. The fraction of sp³-hybridized carbons (Fsp3) is 0.941. The van der Waals surface area contributed by atoms with Crippen molar-refractivity contribution < 1.29 is 4.79 Å². The van der Waals surface area contributed by atoms with E-state index >= 15 is 0 Å². The normalized spacial score (nSPS) is 16.1. The van der Waals surface area contributed by atoms with Gasteiger partial charge in [0, 0.05) is 19.1 Å². The lowest BCUT2D eigenvalue weighted by molar-refractivity contribution is 0.226. The summed E-state index contributed by atoms with van der Waals surface area (Å²) in [6, 6.07) is 0.419. The summed E-state index contributed by atoms with van der Waals surface area (Å²) < 4.78 is 0. The molecule has 1 aliphatic rings. The highest BCUT2D eigenvalue weighted by Gasteiger charge is 2.15. The maximum absolute atomic E-state index is 11.9. The lowest BCUT2D eigenvalue weighted by Gasteiger charge is -2.24. The number of hydrogen-bond acceptors (Lipinski definition) is 2. The van der Waals surface area contributed by atoms with Crippen molar-refractivity contribution in [1.82, 2.24) is 15.5 Å². The van der Waals surface area contributed by atoms with E-state index < -0.39 is 0 Å². The molecule has 0 atom stereocenters. The van der Waals surface area contributed by atoms with Gasteiger partial charge in [0.15, 0.2) is 0 Å². The number of nitrogens with zero attached hydrogens (tertiary/aromatic N) is 1. The minimum absolute atomic E-state index is 0.0211. The van der Waals surface area contributed by atoms with Crippen LogP contribution in [-0.2, 0) is 0 Å². The third-order valence-corrected chi connectivity index (χ3v) is 4.31. The van der Waals surface area contributed by atoms with Crippen LogP contribution in [0.5, 0.6) is 0 Å². The van der Waals surface area contributed by atoms with Gasteiger partial charge >= 0.3 is 6.03 Å². The second-order valence-electron chi connectivity index (χ2n) is 6.28. The maximum Gasteiger partial charge on any atom is 0.315 e. The van der Waals surface area contributed by atoms with Crippen molar-refractivity contribution in [2.24, 2.45) is 0 Å². The van der Waals surface area contributed by atoms with Gasteiger partial charge < -0.3 is 15.5 Å². The number of carbonyl (C=O) groups excluding carboxylic acids is 1. The predicted molar refractivity (Wildman–Crippen MR) is 89.7 cm³/mol. The Labute approximate surface area is 131 Å². The molecule has 0 bridgehead atoms. The van der Waals surface area contributed by atoms with Gasteiger partial charge in [-0.15, -0.1) is 0 Å². The molecule has 0 aromatic rings. The van der Waals surface area contributed by atoms with Crippen molar-refractivity contribution in [3.63, 3.8) is 0 Å². The van der Waals surface area contributed by atoms with Gasteiger partial charge in [-0.3, -0.25) is 0 Å². The Morgan fingerprint density at radius 2 is 1.62 bits per heavy atom. The highest BCUT2D eigenvalue weighted by molar-refractivity contribution is 5.74. The van der Waals surface area contributed by atoms with Crippen molar-refractivity contribution in [2.75, 3.05) is 26.2 Å². The van der Waals surface area contributed by atoms with Gasteiger partial charge in [-0.05, 0) is 38.8 Å². The van der Waals surface area contributed by atoms with Crippen LogP contribution >= 0.6 is 0 Å². The molecule has 1 rings (SSSR count). The summed E-state index contributed by atoms with van der Waals surface area (Å²) in [5.41, 5.74) is 0. The van der Waals surface area contributed by atoms with E-state index in [1.807, 2.05) is 0 Å². The van der Waals surface area contributed by atoms with E-state index in [2.05, 4.69) is 29.4 Å². The molecule has 2 N–H and O–H groups in total. The van der Waals surface area contributed by atoms with Crippen LogP contribution in [-0.4, -0.2) is 43.2 Å². The molecule has 4 nitrogen and oxygen atoms in total. The summed E-state index contributed by atoms with van der Waals surface area (Å²) in [5.74, 6) is 0. The zero-order valence-corrected chi connectivity index (χ0v) is 14.1. The Morgan fingerprint density at radius 3 is 2.19 bits per heavy atom. The van der Waals surface area contributed by atoms with Crippen LogP contribution in [0.15, 0.2) is 0 Å². The van der Waals surface area contributed by atoms with Crippen molar-refractivity contribution in [3.8, 4) is 0 Å². The van der Waals surface area contributed by atoms with Crippen LogP contribution in [0.2, 0.25) is 0 Å². The molecule has 2 amide bonds. The Morgan fingerprint density at radius 1 is 1.00 bits per heavy atom. The molecule has 124 valence electrons. The summed E-state index contributed by atoms with van der Waals surface area (Å²) in [6.07, 6.45) is 11.1. The topological polar surface area (TPSA) is 44.4 Å². The lowest BCUT2D eigenvalue weighted by atomic mass is 9.96. The first-order chi connectivity index (χ1) is 10.3. The first-order valence-corrected chi connectivity index (χ1v) is 9.03. The number of carbonyl (C=O) groups is 1. The largest absolute Gasteiger partial charge is 0.337 e. The van der Waals surface area contributed by atoms with Gasteiger partial charge in [-0.25, -0.2) is 4.79 Å². The third-order valence-electron chi connectivity index (χ3n) is 4.31. The highest BCUT2D eigenvalue weighted by Crippen LogP contribution is 2.17. The second-order valence-corrected chi connectivity index (χ2v) is 6.28. The molecule has 0 radical (unpaired) electrons. The van der Waals surface area contributed by atoms with Crippen LogP contribution in [0, 0.1) is 0 Å². The molecule has 0 aliphatic heterocycles. The standard InChI is InChI=1S/C17H35N3O/c1-3-5-13-20(14-6-4-2)15-12-18-17(21)19-16-10-8-7-9-11-16/h16H,3-15H2,1-2H3,(H2,18,19,21). The minimum Gasteiger partial charge on any atom is -0.337 e. The Kier molecular flexibility index (Phi) is 10.3. The summed E-state index contributed by atoms with van der Waals surface area (Å²) in [4.78, 5) is 14.4. The number of urea groups is 1. The summed E-state index contributed by atoms with van der Waals surface area (Å²) in [6.45, 7) is 8.50. The first kappa shape index (κ1) is 18.3. The average molecular weight is 297 g/mol. The molecule has 1 saturated carbocycles. The van der Waals surface area contributed by atoms with E-state index in [0.717, 1.165) is 39.0 Å². The molecule has 0 saturated heterocycles. The highest BCUT2D eigenvalue weighted by atomic mass is 16.2. The van der Waals surface area contributed by atoms with E-state index in [0.29, 0.717) is 6.04 Å². The Bertz CT molecular complexity index is 257. The second kappa shape index (κ2) is 11.8. The molecule has 0 spiro atoms. The van der Waals surface area contributed by atoms with Crippen LogP contribution < -0.4 is 10.6 Å². The Hall–Kier alpha value is -0.770. The molecule has 4 heteroatoms. The number of nitrogens with one attached hydrogen (secondary N) is 2. The summed E-state index contributed by atoms with van der Waals surface area (Å²) in [7, 11) is 0. The fourth-order valence-corrected chi connectivity index (χ4v) is 2.91. The molecule has 0 unspecified atom stereocenters. The van der Waals surface area contributed by atoms with Crippen molar-refractivity contribution in [1.29, 1.82) is 0 Å². The molecular formula is C17H35N3O. The predicted octanol–water partition coefficient (Wildman–Crippen LogP) is 3.52. The zero-order chi connectivity index (χ0) is 15.3. The van der Waals surface area contributed by atoms with Gasteiger partial charge in [-0.2, -0.15) is 0 Å². The van der Waals surface area contributed by atoms with E-state index in [1.54, 1.807) is 0 Å². The number of amides is 2. The van der Waals surface area contributed by atoms with E-state index in [1.165, 1.54) is 44.9 Å². The van der Waals surface area contributed by atoms with Gasteiger partial charge in [0.1, 0.15) is 0 Å². The summed E-state index contributed by atoms with van der Waals surface area (Å²) >= 11 is 0. The van der Waals surface area contributed by atoms with Crippen LogP contribution in [0.3, 0.4) is 0 Å². The molecule has 21 heavy (non-hydrogen) atoms. The molecule has 0 aromatic heterocycles. The van der Waals surface area contributed by atoms with Crippen molar-refractivity contribution in [3.05, 3.63) is 0 Å². The van der Waals surface area contributed by atoms with Gasteiger partial charge in [-0.1, -0.05) is 46.0 Å². The molecule has 1 aliphatic carbocycles. The molecule has 0 heterocycles. The van der Waals surface area contributed by atoms with E-state index in [-0.39, 0.29) is 6.03 Å². The molecular weight excluding hydrogens is 262 g/mol. The van der Waals surface area contributed by atoms with Crippen LogP contribution in [0.4, 0.5) is 4.79 Å². The molecule has 0 aromatic carbocycles. The Balaban J connectivity index is 2.13. The first-order valence-electron chi connectivity index (χ1n) is 9.03. The van der Waals surface area contributed by atoms with Gasteiger partial charge in [0.25, 0.3) is 0 Å². The summed E-state index contributed by atoms with van der Waals surface area (Å²) in [5, 5.41) is 6.13. The van der Waals surface area contributed by atoms with E-state index in [9.17, 15) is 4.79 Å². The molecule has 1 fully saturated rings. The van der Waals surface area contributed by atoms with Gasteiger partial charge in [0.05, 0.1) is 0 Å². The van der Waals surface area contributed by atoms with E-state index in [4.69, 9.17) is 0 Å². The quantitative estimate of drug-likeness (QED) is 0.648. The van der Waals surface area contributed by atoms with Crippen molar-refractivity contribution in [2.45, 2.75) is 77.7 Å². The van der Waals surface area contributed by atoms with Crippen LogP contribution in [0.25, 0.3) is 0 Å². The third kappa shape index (κ3) is 8.97. The maximum atomic E-state index is 11.9. The zero-order valence-electron chi connectivity index (χ0n) is 14.1. The number of rotatable bonds is 10. The fourth-order valence-electron chi connectivity index (χ4n) is 2.91. The monoisotopic (exact) mass is 297 g/mol. The van der Waals surface area contributed by atoms with Crippen molar-refractivity contribution >= 4 is 6.03 Å². The number of unbranched alkanes of at least 4 members (excludes halogenated alkanes) is 2. The van der Waals surface area contributed by atoms with Crippen LogP contribution in [0.1, 0.15) is 71.6 Å². The minimum atomic E-state index is 0.0211. The average Bonchev–Trinajstić information content (AvgIpc) is 2.50. The smallest absolute Gasteiger partial charge is 0.315 e. The lowest BCUT2D eigenvalue weighted by Crippen LogP contribution is -2.45. The van der Waals surface area contributed by atoms with Gasteiger partial charge in [0.2, 0.25) is 0 Å².